The Bertz CT molecular complexity index is 645. The minimum absolute atomic E-state index is 0.756. The van der Waals surface area contributed by atoms with Gasteiger partial charge in [-0.1, -0.05) is 105 Å². The summed E-state index contributed by atoms with van der Waals surface area (Å²) in [5.41, 5.74) is 2.25. The van der Waals surface area contributed by atoms with E-state index in [0.717, 1.165) is 15.6 Å². The molecule has 0 radical (unpaired) electrons. The lowest BCUT2D eigenvalue weighted by atomic mass is 10.1. The molecule has 0 unspecified atom stereocenters. The molecule has 0 aliphatic heterocycles. The summed E-state index contributed by atoms with van der Waals surface area (Å²) in [7, 11) is -1.64. The zero-order valence-electron chi connectivity index (χ0n) is 14.1. The van der Waals surface area contributed by atoms with Gasteiger partial charge in [-0.05, 0) is 22.9 Å². The summed E-state index contributed by atoms with van der Waals surface area (Å²) in [6, 6.07) is 19.9. The van der Waals surface area contributed by atoms with E-state index in [1.54, 1.807) is 0 Å². The maximum Gasteiger partial charge on any atom is 0.0868 e. The number of benzene rings is 2. The van der Waals surface area contributed by atoms with Crippen LogP contribution >= 0.6 is 23.2 Å². The predicted octanol–water partition coefficient (Wildman–Crippen LogP) is 7.58. The zero-order valence-corrected chi connectivity index (χ0v) is 16.6. The van der Waals surface area contributed by atoms with Gasteiger partial charge in [0.1, 0.15) is 0 Å². The summed E-state index contributed by atoms with van der Waals surface area (Å²) in [6.07, 6.45) is 2.32. The van der Waals surface area contributed by atoms with Crippen molar-refractivity contribution in [1.82, 2.24) is 0 Å². The Morgan fingerprint density at radius 3 is 1.83 bits per heavy atom. The minimum atomic E-state index is -1.64. The van der Waals surface area contributed by atoms with Crippen LogP contribution in [0.4, 0.5) is 0 Å². The van der Waals surface area contributed by atoms with Crippen LogP contribution in [0.2, 0.25) is 28.2 Å². The fourth-order valence-electron chi connectivity index (χ4n) is 3.28. The quantitative estimate of drug-likeness (QED) is 0.366. The van der Waals surface area contributed by atoms with Crippen molar-refractivity contribution in [3.05, 3.63) is 69.7 Å². The van der Waals surface area contributed by atoms with Crippen molar-refractivity contribution >= 4 is 42.5 Å². The second-order valence-electron chi connectivity index (χ2n) is 5.91. The molecule has 0 atom stereocenters. The first-order chi connectivity index (χ1) is 11.1. The predicted molar refractivity (Wildman–Crippen MR) is 108 cm³/mol. The maximum atomic E-state index is 6.56. The molecule has 0 aromatic heterocycles. The Morgan fingerprint density at radius 2 is 1.35 bits per heavy atom. The molecule has 0 nitrogen and oxygen atoms in total. The van der Waals surface area contributed by atoms with Gasteiger partial charge in [-0.2, -0.15) is 0 Å². The Morgan fingerprint density at radius 1 is 0.826 bits per heavy atom. The lowest BCUT2D eigenvalue weighted by Gasteiger charge is -2.33. The third-order valence-electron chi connectivity index (χ3n) is 4.94. The summed E-state index contributed by atoms with van der Waals surface area (Å²) < 4.78 is 0. The minimum Gasteiger partial charge on any atom is -0.0836 e. The summed E-state index contributed by atoms with van der Waals surface area (Å²) in [5.74, 6) is 0. The Labute approximate surface area is 151 Å². The molecular weight excluding hydrogens is 339 g/mol. The average molecular weight is 363 g/mol. The number of hydrogen-bond donors (Lipinski definition) is 0. The summed E-state index contributed by atoms with van der Waals surface area (Å²) in [5, 5.41) is 2.89. The van der Waals surface area contributed by atoms with Crippen molar-refractivity contribution < 1.29 is 0 Å². The first kappa shape index (κ1) is 18.3. The molecule has 0 bridgehead atoms. The largest absolute Gasteiger partial charge is 0.0868 e. The molecule has 2 aromatic carbocycles. The smallest absolute Gasteiger partial charge is 0.0836 e. The molecule has 0 N–H and O–H groups in total. The van der Waals surface area contributed by atoms with Gasteiger partial charge in [0.15, 0.2) is 0 Å². The molecule has 0 saturated heterocycles. The third kappa shape index (κ3) is 3.91. The van der Waals surface area contributed by atoms with Gasteiger partial charge in [-0.3, -0.25) is 0 Å². The van der Waals surface area contributed by atoms with E-state index in [4.69, 9.17) is 23.2 Å². The van der Waals surface area contributed by atoms with E-state index in [1.165, 1.54) is 28.9 Å². The van der Waals surface area contributed by atoms with E-state index in [1.807, 2.05) is 24.3 Å². The monoisotopic (exact) mass is 362 g/mol. The average Bonchev–Trinajstić information content (AvgIpc) is 2.57. The van der Waals surface area contributed by atoms with Crippen molar-refractivity contribution in [1.29, 1.82) is 0 Å². The molecule has 122 valence electrons. The molecule has 0 amide bonds. The van der Waals surface area contributed by atoms with Gasteiger partial charge in [0.2, 0.25) is 0 Å². The molecule has 2 rings (SSSR count). The molecule has 23 heavy (non-hydrogen) atoms. The van der Waals surface area contributed by atoms with Crippen molar-refractivity contribution in [2.45, 2.75) is 38.9 Å². The van der Waals surface area contributed by atoms with E-state index in [-0.39, 0.29) is 0 Å². The zero-order chi connectivity index (χ0) is 16.9. The van der Waals surface area contributed by atoms with Crippen LogP contribution in [0, 0.1) is 0 Å². The van der Waals surface area contributed by atoms with Crippen LogP contribution < -0.4 is 0 Å². The fourth-order valence-corrected chi connectivity index (χ4v) is 7.96. The van der Waals surface area contributed by atoms with Crippen molar-refractivity contribution in [2.75, 3.05) is 0 Å². The van der Waals surface area contributed by atoms with Crippen LogP contribution in [-0.2, 0) is 0 Å². The van der Waals surface area contributed by atoms with Crippen LogP contribution in [0.25, 0.3) is 11.3 Å². The van der Waals surface area contributed by atoms with Gasteiger partial charge in [0, 0.05) is 15.6 Å². The highest BCUT2D eigenvalue weighted by Crippen LogP contribution is 2.42. The number of rotatable bonds is 6. The van der Waals surface area contributed by atoms with E-state index in [9.17, 15) is 0 Å². The maximum absolute atomic E-state index is 6.56. The Hall–Kier alpha value is -1.02. The number of hydrogen-bond acceptors (Lipinski definition) is 0. The first-order valence-electron chi connectivity index (χ1n) is 8.29. The van der Waals surface area contributed by atoms with Crippen LogP contribution in [-0.4, -0.2) is 8.07 Å². The van der Waals surface area contributed by atoms with Gasteiger partial charge in [0.25, 0.3) is 0 Å². The van der Waals surface area contributed by atoms with Gasteiger partial charge >= 0.3 is 0 Å². The molecular formula is C20H24Cl2Si. The molecule has 0 fully saturated rings. The molecule has 0 spiro atoms. The first-order valence-corrected chi connectivity index (χ1v) is 11.7. The second kappa shape index (κ2) is 8.19. The van der Waals surface area contributed by atoms with Gasteiger partial charge in [-0.25, -0.2) is 0 Å². The summed E-state index contributed by atoms with van der Waals surface area (Å²) in [6.45, 7) is 6.93. The fraction of sp³-hybridized carbons (Fsp3) is 0.300. The van der Waals surface area contributed by atoms with Crippen molar-refractivity contribution in [2.24, 2.45) is 0 Å². The molecule has 0 saturated carbocycles. The molecule has 2 aromatic rings. The molecule has 0 aliphatic rings. The van der Waals surface area contributed by atoms with Gasteiger partial charge in [-0.15, -0.1) is 0 Å². The van der Waals surface area contributed by atoms with Crippen molar-refractivity contribution in [3.8, 4) is 0 Å². The summed E-state index contributed by atoms with van der Waals surface area (Å²) >= 11 is 13.1. The van der Waals surface area contributed by atoms with Gasteiger partial charge in [0.05, 0.1) is 8.07 Å². The van der Waals surface area contributed by atoms with Crippen LogP contribution in [0.15, 0.2) is 48.5 Å². The van der Waals surface area contributed by atoms with Gasteiger partial charge < -0.3 is 0 Å². The Kier molecular flexibility index (Phi) is 6.52. The van der Waals surface area contributed by atoms with Crippen LogP contribution in [0.5, 0.6) is 0 Å². The van der Waals surface area contributed by atoms with E-state index in [0.29, 0.717) is 0 Å². The third-order valence-corrected chi connectivity index (χ3v) is 11.2. The highest BCUT2D eigenvalue weighted by molar-refractivity contribution is 6.97. The van der Waals surface area contributed by atoms with E-state index in [2.05, 4.69) is 51.1 Å². The van der Waals surface area contributed by atoms with E-state index < -0.39 is 8.07 Å². The molecule has 3 heteroatoms. The number of halogens is 2. The lowest BCUT2D eigenvalue weighted by molar-refractivity contribution is 1.20. The SMILES string of the molecule is CC[Si](CC)(CC)/C(=C/c1ccccc1)c1c(Cl)cccc1Cl. The van der Waals surface area contributed by atoms with E-state index >= 15 is 0 Å². The van der Waals surface area contributed by atoms with Crippen molar-refractivity contribution in [3.63, 3.8) is 0 Å². The summed E-state index contributed by atoms with van der Waals surface area (Å²) in [4.78, 5) is 0. The van der Waals surface area contributed by atoms with Crippen LogP contribution in [0.3, 0.4) is 0 Å². The normalized spacial score (nSPS) is 12.5. The highest BCUT2D eigenvalue weighted by Gasteiger charge is 2.34. The highest BCUT2D eigenvalue weighted by atomic mass is 35.5. The second-order valence-corrected chi connectivity index (χ2v) is 11.9. The Balaban J connectivity index is 2.73. The topological polar surface area (TPSA) is 0 Å². The van der Waals surface area contributed by atoms with Crippen LogP contribution in [0.1, 0.15) is 31.9 Å². The molecule has 0 heterocycles. The lowest BCUT2D eigenvalue weighted by Crippen LogP contribution is -2.33. The molecule has 0 aliphatic carbocycles. The standard InChI is InChI=1S/C20H24Cl2Si/c1-4-23(5-2,6-3)19(15-16-11-8-7-9-12-16)20-17(21)13-10-14-18(20)22/h7-15H,4-6H2,1-3H3/b19-15+.